The summed E-state index contributed by atoms with van der Waals surface area (Å²) in [6, 6.07) is 16.0. The average molecular weight is 371 g/mol. The SMILES string of the molecule is CCOc1ccc(Oc2ccc(OCc3cccc(F)c3F)cc2)c(N)c1. The summed E-state index contributed by atoms with van der Waals surface area (Å²) < 4.78 is 43.5. The molecule has 0 saturated heterocycles. The van der Waals surface area contributed by atoms with Crippen molar-refractivity contribution in [2.75, 3.05) is 12.3 Å². The maximum absolute atomic E-state index is 13.6. The van der Waals surface area contributed by atoms with E-state index in [1.807, 2.05) is 6.92 Å². The number of ether oxygens (including phenoxy) is 3. The molecule has 0 unspecified atom stereocenters. The molecule has 0 amide bonds. The van der Waals surface area contributed by atoms with E-state index in [2.05, 4.69) is 0 Å². The zero-order valence-corrected chi connectivity index (χ0v) is 14.7. The number of hydrogen-bond donors (Lipinski definition) is 1. The molecule has 4 nitrogen and oxygen atoms in total. The van der Waals surface area contributed by atoms with Crippen LogP contribution >= 0.6 is 0 Å². The standard InChI is InChI=1S/C21H19F2NO3/c1-2-25-17-10-11-20(19(24)12-17)27-16-8-6-15(7-9-16)26-13-14-4-3-5-18(22)21(14)23/h3-12H,2,13,24H2,1H3. The van der Waals surface area contributed by atoms with Gasteiger partial charge in [0.15, 0.2) is 17.4 Å². The van der Waals surface area contributed by atoms with Gasteiger partial charge in [-0.1, -0.05) is 12.1 Å². The molecule has 0 bridgehead atoms. The highest BCUT2D eigenvalue weighted by molar-refractivity contribution is 5.57. The molecule has 27 heavy (non-hydrogen) atoms. The highest BCUT2D eigenvalue weighted by Gasteiger charge is 2.09. The van der Waals surface area contributed by atoms with Crippen molar-refractivity contribution in [2.24, 2.45) is 0 Å². The van der Waals surface area contributed by atoms with Gasteiger partial charge in [0.25, 0.3) is 0 Å². The highest BCUT2D eigenvalue weighted by atomic mass is 19.2. The normalized spacial score (nSPS) is 10.5. The van der Waals surface area contributed by atoms with E-state index in [9.17, 15) is 8.78 Å². The molecule has 0 aromatic heterocycles. The summed E-state index contributed by atoms with van der Waals surface area (Å²) in [6.45, 7) is 2.38. The minimum atomic E-state index is -0.900. The molecule has 140 valence electrons. The first-order chi connectivity index (χ1) is 13.1. The Morgan fingerprint density at radius 3 is 2.26 bits per heavy atom. The average Bonchev–Trinajstić information content (AvgIpc) is 2.66. The molecule has 0 spiro atoms. The van der Waals surface area contributed by atoms with Gasteiger partial charge in [-0.15, -0.1) is 0 Å². The first-order valence-corrected chi connectivity index (χ1v) is 8.42. The van der Waals surface area contributed by atoms with Crippen molar-refractivity contribution < 1.29 is 23.0 Å². The van der Waals surface area contributed by atoms with Crippen LogP contribution in [0.25, 0.3) is 0 Å². The third-order valence-electron chi connectivity index (χ3n) is 3.77. The smallest absolute Gasteiger partial charge is 0.165 e. The van der Waals surface area contributed by atoms with Crippen LogP contribution < -0.4 is 19.9 Å². The van der Waals surface area contributed by atoms with Gasteiger partial charge in [-0.2, -0.15) is 0 Å². The summed E-state index contributed by atoms with van der Waals surface area (Å²) in [6.07, 6.45) is 0. The van der Waals surface area contributed by atoms with Crippen LogP contribution in [0.4, 0.5) is 14.5 Å². The number of benzene rings is 3. The van der Waals surface area contributed by atoms with E-state index in [1.54, 1.807) is 42.5 Å². The predicted molar refractivity (Wildman–Crippen MR) is 99.2 cm³/mol. The van der Waals surface area contributed by atoms with E-state index in [0.29, 0.717) is 35.3 Å². The van der Waals surface area contributed by atoms with Crippen molar-refractivity contribution >= 4 is 5.69 Å². The maximum atomic E-state index is 13.6. The summed E-state index contributed by atoms with van der Waals surface area (Å²) >= 11 is 0. The number of hydrogen-bond acceptors (Lipinski definition) is 4. The fourth-order valence-electron chi connectivity index (χ4n) is 2.43. The number of nitrogen functional groups attached to an aromatic ring is 1. The topological polar surface area (TPSA) is 53.7 Å². The Hall–Kier alpha value is -3.28. The van der Waals surface area contributed by atoms with Crippen molar-refractivity contribution in [1.82, 2.24) is 0 Å². The van der Waals surface area contributed by atoms with E-state index >= 15 is 0 Å². The quantitative estimate of drug-likeness (QED) is 0.571. The number of nitrogens with two attached hydrogens (primary N) is 1. The van der Waals surface area contributed by atoms with Crippen LogP contribution in [0, 0.1) is 11.6 Å². The molecular formula is C21H19F2NO3. The molecule has 2 N–H and O–H groups in total. The third kappa shape index (κ3) is 4.67. The van der Waals surface area contributed by atoms with Crippen molar-refractivity contribution in [3.63, 3.8) is 0 Å². The lowest BCUT2D eigenvalue weighted by molar-refractivity contribution is 0.297. The largest absolute Gasteiger partial charge is 0.494 e. The second kappa shape index (κ2) is 8.40. The second-order valence-electron chi connectivity index (χ2n) is 5.71. The lowest BCUT2D eigenvalue weighted by Gasteiger charge is -2.11. The van der Waals surface area contributed by atoms with Gasteiger partial charge < -0.3 is 19.9 Å². The Labute approximate surface area is 156 Å². The van der Waals surface area contributed by atoms with E-state index in [1.165, 1.54) is 12.1 Å². The summed E-state index contributed by atoms with van der Waals surface area (Å²) in [4.78, 5) is 0. The van der Waals surface area contributed by atoms with Crippen molar-refractivity contribution in [2.45, 2.75) is 13.5 Å². The maximum Gasteiger partial charge on any atom is 0.165 e. The van der Waals surface area contributed by atoms with Gasteiger partial charge in [0.05, 0.1) is 12.3 Å². The minimum Gasteiger partial charge on any atom is -0.494 e. The van der Waals surface area contributed by atoms with Gasteiger partial charge in [-0.25, -0.2) is 8.78 Å². The molecule has 6 heteroatoms. The Kier molecular flexibility index (Phi) is 5.76. The lowest BCUT2D eigenvalue weighted by Crippen LogP contribution is -2.00. The fourth-order valence-corrected chi connectivity index (χ4v) is 2.43. The molecular weight excluding hydrogens is 352 g/mol. The van der Waals surface area contributed by atoms with Gasteiger partial charge in [-0.05, 0) is 49.4 Å². The molecule has 0 atom stereocenters. The molecule has 3 aromatic rings. The summed E-state index contributed by atoms with van der Waals surface area (Å²) in [5.74, 6) is 0.460. The molecule has 0 aliphatic heterocycles. The molecule has 0 aliphatic carbocycles. The molecule has 0 fully saturated rings. The lowest BCUT2D eigenvalue weighted by atomic mass is 10.2. The fraction of sp³-hybridized carbons (Fsp3) is 0.143. The van der Waals surface area contributed by atoms with Crippen LogP contribution in [0.2, 0.25) is 0 Å². The second-order valence-corrected chi connectivity index (χ2v) is 5.71. The number of anilines is 1. The van der Waals surface area contributed by atoms with Crippen molar-refractivity contribution in [3.05, 3.63) is 77.9 Å². The van der Waals surface area contributed by atoms with Crippen LogP contribution in [0.15, 0.2) is 60.7 Å². The third-order valence-corrected chi connectivity index (χ3v) is 3.77. The molecule has 3 aromatic carbocycles. The van der Waals surface area contributed by atoms with Crippen LogP contribution in [0.1, 0.15) is 12.5 Å². The first kappa shape index (κ1) is 18.5. The molecule has 0 aliphatic rings. The van der Waals surface area contributed by atoms with E-state index in [4.69, 9.17) is 19.9 Å². The predicted octanol–water partition coefficient (Wildman–Crippen LogP) is 5.32. The summed E-state index contributed by atoms with van der Waals surface area (Å²) in [5, 5.41) is 0. The van der Waals surface area contributed by atoms with E-state index < -0.39 is 11.6 Å². The van der Waals surface area contributed by atoms with Crippen molar-refractivity contribution in [3.8, 4) is 23.0 Å². The van der Waals surface area contributed by atoms with Gasteiger partial charge >= 0.3 is 0 Å². The monoisotopic (exact) mass is 371 g/mol. The Bertz CT molecular complexity index is 914. The van der Waals surface area contributed by atoms with Gasteiger partial charge in [0, 0.05) is 11.6 Å². The zero-order valence-electron chi connectivity index (χ0n) is 14.7. The van der Waals surface area contributed by atoms with Crippen LogP contribution in [-0.4, -0.2) is 6.61 Å². The van der Waals surface area contributed by atoms with E-state index in [-0.39, 0.29) is 12.2 Å². The first-order valence-electron chi connectivity index (χ1n) is 8.42. The molecule has 0 radical (unpaired) electrons. The van der Waals surface area contributed by atoms with Crippen LogP contribution in [0.3, 0.4) is 0 Å². The van der Waals surface area contributed by atoms with Gasteiger partial charge in [-0.3, -0.25) is 0 Å². The van der Waals surface area contributed by atoms with Crippen LogP contribution in [0.5, 0.6) is 23.0 Å². The molecule has 0 heterocycles. The van der Waals surface area contributed by atoms with E-state index in [0.717, 1.165) is 6.07 Å². The minimum absolute atomic E-state index is 0.0738. The van der Waals surface area contributed by atoms with Gasteiger partial charge in [0.1, 0.15) is 23.9 Å². The van der Waals surface area contributed by atoms with Crippen LogP contribution in [-0.2, 0) is 6.61 Å². The summed E-state index contributed by atoms with van der Waals surface area (Å²) in [7, 11) is 0. The molecule has 0 saturated carbocycles. The zero-order chi connectivity index (χ0) is 19.2. The Balaban J connectivity index is 1.63. The Morgan fingerprint density at radius 1 is 0.852 bits per heavy atom. The molecule has 3 rings (SSSR count). The number of halogens is 2. The Morgan fingerprint density at radius 2 is 1.56 bits per heavy atom. The highest BCUT2D eigenvalue weighted by Crippen LogP contribution is 2.31. The summed E-state index contributed by atoms with van der Waals surface area (Å²) in [5.41, 5.74) is 6.58. The van der Waals surface area contributed by atoms with Crippen molar-refractivity contribution in [1.29, 1.82) is 0 Å². The van der Waals surface area contributed by atoms with Gasteiger partial charge in [0.2, 0.25) is 0 Å². The number of rotatable bonds is 7.